The molecule has 1 aromatic carbocycles. The van der Waals surface area contributed by atoms with Crippen molar-refractivity contribution >= 4 is 11.8 Å². The van der Waals surface area contributed by atoms with Crippen molar-refractivity contribution in [3.63, 3.8) is 0 Å². The Balaban J connectivity index is 2.52. The number of halogens is 3. The SMILES string of the molecule is COc1ccc(CSC(F)(F)F)cc1. The molecular weight excluding hydrogens is 213 g/mol. The Labute approximate surface area is 84.3 Å². The van der Waals surface area contributed by atoms with Crippen LogP contribution in [0.5, 0.6) is 5.75 Å². The van der Waals surface area contributed by atoms with Crippen LogP contribution in [0, 0.1) is 0 Å². The van der Waals surface area contributed by atoms with E-state index in [9.17, 15) is 13.2 Å². The van der Waals surface area contributed by atoms with Gasteiger partial charge in [-0.1, -0.05) is 12.1 Å². The molecule has 0 fully saturated rings. The van der Waals surface area contributed by atoms with E-state index in [0.717, 1.165) is 0 Å². The summed E-state index contributed by atoms with van der Waals surface area (Å²) < 4.78 is 40.4. The summed E-state index contributed by atoms with van der Waals surface area (Å²) in [6.07, 6.45) is 0. The molecule has 0 aliphatic rings. The van der Waals surface area contributed by atoms with Gasteiger partial charge in [-0.3, -0.25) is 0 Å². The minimum atomic E-state index is -4.17. The molecular formula is C9H9F3OS. The highest BCUT2D eigenvalue weighted by Gasteiger charge is 2.27. The maximum Gasteiger partial charge on any atom is 0.442 e. The molecule has 0 aromatic heterocycles. The van der Waals surface area contributed by atoms with Gasteiger partial charge in [0.15, 0.2) is 0 Å². The van der Waals surface area contributed by atoms with Crippen molar-refractivity contribution < 1.29 is 17.9 Å². The van der Waals surface area contributed by atoms with Gasteiger partial charge >= 0.3 is 5.51 Å². The Kier molecular flexibility index (Phi) is 3.69. The average Bonchev–Trinajstić information content (AvgIpc) is 2.14. The highest BCUT2D eigenvalue weighted by atomic mass is 32.2. The second-order valence-electron chi connectivity index (χ2n) is 2.58. The fourth-order valence-corrected chi connectivity index (χ4v) is 1.41. The molecule has 0 radical (unpaired) electrons. The van der Waals surface area contributed by atoms with Crippen LogP contribution < -0.4 is 4.74 Å². The van der Waals surface area contributed by atoms with Gasteiger partial charge < -0.3 is 4.74 Å². The highest BCUT2D eigenvalue weighted by molar-refractivity contribution is 7.99. The molecule has 0 spiro atoms. The number of benzene rings is 1. The van der Waals surface area contributed by atoms with Crippen LogP contribution in [0.1, 0.15) is 5.56 Å². The molecule has 0 amide bonds. The first-order valence-corrected chi connectivity index (χ1v) is 4.83. The van der Waals surface area contributed by atoms with Gasteiger partial charge in [0.25, 0.3) is 0 Å². The van der Waals surface area contributed by atoms with Crippen molar-refractivity contribution in [3.8, 4) is 5.75 Å². The maximum absolute atomic E-state index is 11.8. The van der Waals surface area contributed by atoms with Crippen molar-refractivity contribution in [2.45, 2.75) is 11.3 Å². The number of hydrogen-bond acceptors (Lipinski definition) is 2. The molecule has 0 heterocycles. The van der Waals surface area contributed by atoms with Crippen molar-refractivity contribution in [1.82, 2.24) is 0 Å². The van der Waals surface area contributed by atoms with Crippen molar-refractivity contribution in [3.05, 3.63) is 29.8 Å². The van der Waals surface area contributed by atoms with Crippen LogP contribution in [0.15, 0.2) is 24.3 Å². The van der Waals surface area contributed by atoms with Crippen molar-refractivity contribution in [2.24, 2.45) is 0 Å². The van der Waals surface area contributed by atoms with Crippen LogP contribution in [0.3, 0.4) is 0 Å². The van der Waals surface area contributed by atoms with Crippen molar-refractivity contribution in [1.29, 1.82) is 0 Å². The van der Waals surface area contributed by atoms with E-state index in [1.54, 1.807) is 24.3 Å². The first kappa shape index (κ1) is 11.2. The van der Waals surface area contributed by atoms with Crippen molar-refractivity contribution in [2.75, 3.05) is 7.11 Å². The number of hydrogen-bond donors (Lipinski definition) is 0. The Hall–Kier alpha value is -0.840. The van der Waals surface area contributed by atoms with E-state index in [-0.39, 0.29) is 17.5 Å². The largest absolute Gasteiger partial charge is 0.497 e. The number of alkyl halides is 3. The summed E-state index contributed by atoms with van der Waals surface area (Å²) in [5, 5.41) is 0. The molecule has 1 aromatic rings. The Bertz CT molecular complexity index is 281. The zero-order valence-corrected chi connectivity index (χ0v) is 8.28. The monoisotopic (exact) mass is 222 g/mol. The topological polar surface area (TPSA) is 9.23 Å². The van der Waals surface area contributed by atoms with Crippen LogP contribution in [-0.2, 0) is 5.75 Å². The second-order valence-corrected chi connectivity index (χ2v) is 3.62. The van der Waals surface area contributed by atoms with E-state index < -0.39 is 5.51 Å². The molecule has 0 aliphatic heterocycles. The van der Waals surface area contributed by atoms with Crippen LogP contribution in [0.2, 0.25) is 0 Å². The molecule has 0 bridgehead atoms. The van der Waals surface area contributed by atoms with Crippen LogP contribution in [-0.4, -0.2) is 12.6 Å². The predicted molar refractivity (Wildman–Crippen MR) is 50.3 cm³/mol. The summed E-state index contributed by atoms with van der Waals surface area (Å²) in [7, 11) is 1.51. The smallest absolute Gasteiger partial charge is 0.442 e. The normalized spacial score (nSPS) is 11.4. The first-order chi connectivity index (χ1) is 6.51. The van der Waals surface area contributed by atoms with Gasteiger partial charge in [-0.25, -0.2) is 0 Å². The third-order valence-electron chi connectivity index (χ3n) is 1.56. The summed E-state index contributed by atoms with van der Waals surface area (Å²) in [4.78, 5) is 0. The summed E-state index contributed by atoms with van der Waals surface area (Å²) >= 11 is -0.0407. The number of ether oxygens (including phenoxy) is 1. The van der Waals surface area contributed by atoms with Crippen LogP contribution in [0.25, 0.3) is 0 Å². The van der Waals surface area contributed by atoms with Gasteiger partial charge in [-0.15, -0.1) is 0 Å². The molecule has 1 nitrogen and oxygen atoms in total. The lowest BCUT2D eigenvalue weighted by Gasteiger charge is -2.05. The molecule has 0 unspecified atom stereocenters. The predicted octanol–water partition coefficient (Wildman–Crippen LogP) is 3.45. The van der Waals surface area contributed by atoms with Gasteiger partial charge in [-0.05, 0) is 29.5 Å². The summed E-state index contributed by atoms with van der Waals surface area (Å²) in [5.41, 5.74) is -3.53. The minimum absolute atomic E-state index is 0.0407. The van der Waals surface area contributed by atoms with E-state index in [0.29, 0.717) is 11.3 Å². The molecule has 0 saturated carbocycles. The number of thioether (sulfide) groups is 1. The fourth-order valence-electron chi connectivity index (χ4n) is 0.887. The van der Waals surface area contributed by atoms with Gasteiger partial charge in [0.2, 0.25) is 0 Å². The fraction of sp³-hybridized carbons (Fsp3) is 0.333. The lowest BCUT2D eigenvalue weighted by Crippen LogP contribution is -2.00. The molecule has 0 aliphatic carbocycles. The molecule has 1 rings (SSSR count). The van der Waals surface area contributed by atoms with E-state index in [4.69, 9.17) is 4.74 Å². The lowest BCUT2D eigenvalue weighted by atomic mass is 10.2. The Morgan fingerprint density at radius 2 is 1.79 bits per heavy atom. The highest BCUT2D eigenvalue weighted by Crippen LogP contribution is 2.33. The molecule has 5 heteroatoms. The first-order valence-electron chi connectivity index (χ1n) is 3.85. The lowest BCUT2D eigenvalue weighted by molar-refractivity contribution is -0.0329. The molecule has 0 N–H and O–H groups in total. The maximum atomic E-state index is 11.8. The molecule has 0 atom stereocenters. The van der Waals surface area contributed by atoms with E-state index in [1.807, 2.05) is 0 Å². The van der Waals surface area contributed by atoms with E-state index in [2.05, 4.69) is 0 Å². The number of rotatable bonds is 3. The summed E-state index contributed by atoms with van der Waals surface area (Å²) in [5.74, 6) is 0.582. The quantitative estimate of drug-likeness (QED) is 0.774. The van der Waals surface area contributed by atoms with Crippen LogP contribution >= 0.6 is 11.8 Å². The average molecular weight is 222 g/mol. The zero-order chi connectivity index (χ0) is 10.6. The minimum Gasteiger partial charge on any atom is -0.497 e. The van der Waals surface area contributed by atoms with Crippen LogP contribution in [0.4, 0.5) is 13.2 Å². The van der Waals surface area contributed by atoms with E-state index >= 15 is 0 Å². The molecule has 0 saturated heterocycles. The third-order valence-corrected chi connectivity index (χ3v) is 2.37. The second kappa shape index (κ2) is 4.59. The van der Waals surface area contributed by atoms with Gasteiger partial charge in [0.05, 0.1) is 7.11 Å². The van der Waals surface area contributed by atoms with Gasteiger partial charge in [0, 0.05) is 5.75 Å². The summed E-state index contributed by atoms with van der Waals surface area (Å²) in [6.45, 7) is 0. The standard InChI is InChI=1S/C9H9F3OS/c1-13-8-4-2-7(3-5-8)6-14-9(10,11)12/h2-5H,6H2,1H3. The zero-order valence-electron chi connectivity index (χ0n) is 7.47. The third kappa shape index (κ3) is 3.91. The van der Waals surface area contributed by atoms with Gasteiger partial charge in [-0.2, -0.15) is 13.2 Å². The summed E-state index contributed by atoms with van der Waals surface area (Å²) in [6, 6.07) is 6.54. The molecule has 14 heavy (non-hydrogen) atoms. The van der Waals surface area contributed by atoms with Gasteiger partial charge in [0.1, 0.15) is 5.75 Å². The molecule has 78 valence electrons. The Morgan fingerprint density at radius 1 is 1.21 bits per heavy atom. The Morgan fingerprint density at radius 3 is 2.21 bits per heavy atom. The van der Waals surface area contributed by atoms with E-state index in [1.165, 1.54) is 7.11 Å². The number of methoxy groups -OCH3 is 1.